The van der Waals surface area contributed by atoms with Gasteiger partial charge in [-0.2, -0.15) is 5.10 Å². The first-order chi connectivity index (χ1) is 14.2. The molecule has 148 valence electrons. The zero-order valence-electron chi connectivity index (χ0n) is 16.0. The van der Waals surface area contributed by atoms with Gasteiger partial charge in [0.15, 0.2) is 11.8 Å². The zero-order chi connectivity index (χ0) is 20.1. The first kappa shape index (κ1) is 19.1. The monoisotopic (exact) mass is 406 g/mol. The van der Waals surface area contributed by atoms with Gasteiger partial charge in [0.05, 0.1) is 0 Å². The van der Waals surface area contributed by atoms with Crippen LogP contribution < -0.4 is 10.6 Å². The smallest absolute Gasteiger partial charge is 0.191 e. The molecule has 4 aromatic rings. The second kappa shape index (κ2) is 8.85. The Hall–Kier alpha value is -3.23. The number of hydrogen-bond donors (Lipinski definition) is 3. The van der Waals surface area contributed by atoms with E-state index in [1.165, 1.54) is 4.70 Å². The number of aliphatic hydroxyl groups is 1. The number of hydrogen-bond acceptors (Lipinski definition) is 5. The quantitative estimate of drug-likeness (QED) is 0.339. The zero-order valence-corrected chi connectivity index (χ0v) is 16.8. The topological polar surface area (TPSA) is 87.4 Å². The molecule has 0 saturated carbocycles. The van der Waals surface area contributed by atoms with E-state index in [0.29, 0.717) is 19.0 Å². The van der Waals surface area contributed by atoms with E-state index in [1.807, 2.05) is 42.6 Å². The maximum Gasteiger partial charge on any atom is 0.191 e. The van der Waals surface area contributed by atoms with E-state index >= 15 is 0 Å². The number of aliphatic imine (C=N–C) groups is 1. The van der Waals surface area contributed by atoms with Gasteiger partial charge in [-0.15, -0.1) is 11.3 Å². The summed E-state index contributed by atoms with van der Waals surface area (Å²) in [6.45, 7) is 0.955. The number of thiophene rings is 1. The standard InChI is InChI=1S/C21H22N6OS/c1-22-21(24-13-15-7-9-23-20(11-15)27-10-4-8-26-27)25-14-17(28)19-12-16-5-2-3-6-18(16)29-19/h2-12,17,28H,13-14H2,1H3,(H2,22,24,25). The first-order valence-corrected chi connectivity index (χ1v) is 10.1. The summed E-state index contributed by atoms with van der Waals surface area (Å²) < 4.78 is 2.90. The molecule has 7 nitrogen and oxygen atoms in total. The maximum absolute atomic E-state index is 10.5. The predicted molar refractivity (Wildman–Crippen MR) is 116 cm³/mol. The fourth-order valence-electron chi connectivity index (χ4n) is 2.97. The molecule has 29 heavy (non-hydrogen) atoms. The van der Waals surface area contributed by atoms with Gasteiger partial charge < -0.3 is 15.7 Å². The molecule has 1 unspecified atom stereocenters. The van der Waals surface area contributed by atoms with Crippen molar-refractivity contribution >= 4 is 27.4 Å². The Labute approximate surface area is 172 Å². The molecule has 0 radical (unpaired) electrons. The Morgan fingerprint density at radius 3 is 2.86 bits per heavy atom. The number of rotatable bonds is 6. The lowest BCUT2D eigenvalue weighted by molar-refractivity contribution is 0.184. The minimum absolute atomic E-state index is 0.376. The van der Waals surface area contributed by atoms with Gasteiger partial charge in [0, 0.05) is 48.3 Å². The molecular formula is C21H22N6OS. The molecule has 0 fully saturated rings. The lowest BCUT2D eigenvalue weighted by Gasteiger charge is -2.15. The van der Waals surface area contributed by atoms with Crippen LogP contribution in [0, 0.1) is 0 Å². The third kappa shape index (κ3) is 4.61. The summed E-state index contributed by atoms with van der Waals surface area (Å²) in [5.74, 6) is 1.39. The Kier molecular flexibility index (Phi) is 5.83. The van der Waals surface area contributed by atoms with Crippen molar-refractivity contribution < 1.29 is 5.11 Å². The third-order valence-electron chi connectivity index (χ3n) is 4.47. The number of nitrogens with zero attached hydrogens (tertiary/aromatic N) is 4. The minimum Gasteiger partial charge on any atom is -0.386 e. The van der Waals surface area contributed by atoms with Gasteiger partial charge in [0.2, 0.25) is 0 Å². The second-order valence-electron chi connectivity index (χ2n) is 6.48. The van der Waals surface area contributed by atoms with Crippen molar-refractivity contribution in [2.24, 2.45) is 4.99 Å². The van der Waals surface area contributed by atoms with Crippen LogP contribution in [-0.4, -0.2) is 39.4 Å². The fourth-order valence-corrected chi connectivity index (χ4v) is 4.02. The second-order valence-corrected chi connectivity index (χ2v) is 7.60. The summed E-state index contributed by atoms with van der Waals surface area (Å²) in [5, 5.41) is 22.3. The highest BCUT2D eigenvalue weighted by molar-refractivity contribution is 7.19. The van der Waals surface area contributed by atoms with Gasteiger partial charge in [0.25, 0.3) is 0 Å². The Morgan fingerprint density at radius 1 is 1.17 bits per heavy atom. The highest BCUT2D eigenvalue weighted by Gasteiger charge is 2.12. The van der Waals surface area contributed by atoms with Crippen LogP contribution in [0.2, 0.25) is 0 Å². The number of fused-ring (bicyclic) bond motifs is 1. The predicted octanol–water partition coefficient (Wildman–Crippen LogP) is 2.88. The third-order valence-corrected chi connectivity index (χ3v) is 5.69. The van der Waals surface area contributed by atoms with Crippen molar-refractivity contribution in [2.75, 3.05) is 13.6 Å². The molecule has 3 aromatic heterocycles. The van der Waals surface area contributed by atoms with E-state index in [1.54, 1.807) is 35.5 Å². The number of nitrogens with one attached hydrogen (secondary N) is 2. The number of benzene rings is 1. The molecule has 0 saturated heterocycles. The summed E-state index contributed by atoms with van der Waals surface area (Å²) in [6, 6.07) is 16.0. The number of aliphatic hydroxyl groups excluding tert-OH is 1. The van der Waals surface area contributed by atoms with Crippen LogP contribution in [0.5, 0.6) is 0 Å². The number of guanidine groups is 1. The summed E-state index contributed by atoms with van der Waals surface area (Å²) in [7, 11) is 1.71. The summed E-state index contributed by atoms with van der Waals surface area (Å²) in [5.41, 5.74) is 1.05. The van der Waals surface area contributed by atoms with Crippen LogP contribution in [0.25, 0.3) is 15.9 Å². The van der Waals surface area contributed by atoms with Crippen molar-refractivity contribution in [1.29, 1.82) is 0 Å². The molecular weight excluding hydrogens is 384 g/mol. The summed E-state index contributed by atoms with van der Waals surface area (Å²) >= 11 is 1.61. The van der Waals surface area contributed by atoms with Crippen molar-refractivity contribution in [2.45, 2.75) is 12.6 Å². The molecule has 3 heterocycles. The Bertz CT molecular complexity index is 1070. The average molecular weight is 407 g/mol. The molecule has 1 atom stereocenters. The molecule has 0 spiro atoms. The molecule has 0 aliphatic carbocycles. The van der Waals surface area contributed by atoms with E-state index in [2.05, 4.69) is 37.8 Å². The van der Waals surface area contributed by atoms with Crippen molar-refractivity contribution in [3.63, 3.8) is 0 Å². The van der Waals surface area contributed by atoms with Gasteiger partial charge in [-0.25, -0.2) is 9.67 Å². The van der Waals surface area contributed by atoms with E-state index in [9.17, 15) is 5.11 Å². The average Bonchev–Trinajstić information content (AvgIpc) is 3.44. The Morgan fingerprint density at radius 2 is 2.07 bits per heavy atom. The molecule has 4 rings (SSSR count). The van der Waals surface area contributed by atoms with Crippen LogP contribution in [0.4, 0.5) is 0 Å². The van der Waals surface area contributed by atoms with Gasteiger partial charge >= 0.3 is 0 Å². The summed E-state index contributed by atoms with van der Waals surface area (Å²) in [4.78, 5) is 9.51. The van der Waals surface area contributed by atoms with Crippen LogP contribution in [0.15, 0.2) is 72.1 Å². The lowest BCUT2D eigenvalue weighted by atomic mass is 10.2. The largest absolute Gasteiger partial charge is 0.386 e. The van der Waals surface area contributed by atoms with E-state index in [-0.39, 0.29) is 0 Å². The molecule has 0 bridgehead atoms. The van der Waals surface area contributed by atoms with E-state index in [4.69, 9.17) is 0 Å². The highest BCUT2D eigenvalue weighted by Crippen LogP contribution is 2.29. The van der Waals surface area contributed by atoms with Crippen molar-refractivity contribution in [3.05, 3.63) is 77.6 Å². The molecule has 8 heteroatoms. The number of aromatic nitrogens is 3. The fraction of sp³-hybridized carbons (Fsp3) is 0.190. The molecule has 3 N–H and O–H groups in total. The SMILES string of the molecule is CN=C(NCc1ccnc(-n2cccn2)c1)NCC(O)c1cc2ccccc2s1. The first-order valence-electron chi connectivity index (χ1n) is 9.29. The Balaban J connectivity index is 1.33. The molecule has 0 aliphatic rings. The van der Waals surface area contributed by atoms with Crippen molar-refractivity contribution in [1.82, 2.24) is 25.4 Å². The normalized spacial score (nSPS) is 12.8. The van der Waals surface area contributed by atoms with Gasteiger partial charge in [0.1, 0.15) is 6.10 Å². The van der Waals surface area contributed by atoms with E-state index in [0.717, 1.165) is 21.6 Å². The summed E-state index contributed by atoms with van der Waals surface area (Å²) in [6.07, 6.45) is 4.74. The van der Waals surface area contributed by atoms with Crippen LogP contribution >= 0.6 is 11.3 Å². The lowest BCUT2D eigenvalue weighted by Crippen LogP contribution is -2.38. The molecule has 0 aliphatic heterocycles. The molecule has 1 aromatic carbocycles. The van der Waals surface area contributed by atoms with Gasteiger partial charge in [-0.3, -0.25) is 4.99 Å². The maximum atomic E-state index is 10.5. The van der Waals surface area contributed by atoms with Gasteiger partial charge in [-0.05, 0) is 41.3 Å². The highest BCUT2D eigenvalue weighted by atomic mass is 32.1. The van der Waals surface area contributed by atoms with Crippen LogP contribution in [0.3, 0.4) is 0 Å². The van der Waals surface area contributed by atoms with Gasteiger partial charge in [-0.1, -0.05) is 18.2 Å². The molecule has 0 amide bonds. The van der Waals surface area contributed by atoms with E-state index < -0.39 is 6.10 Å². The van der Waals surface area contributed by atoms with Crippen LogP contribution in [-0.2, 0) is 6.54 Å². The van der Waals surface area contributed by atoms with Crippen LogP contribution in [0.1, 0.15) is 16.5 Å². The minimum atomic E-state index is -0.599. The number of pyridine rings is 1. The van der Waals surface area contributed by atoms with Crippen molar-refractivity contribution in [3.8, 4) is 5.82 Å².